The Kier molecular flexibility index (Phi) is 4.58. The summed E-state index contributed by atoms with van der Waals surface area (Å²) in [6.07, 6.45) is 1.89. The lowest BCUT2D eigenvalue weighted by molar-refractivity contribution is -0.676. The molecule has 0 radical (unpaired) electrons. The second-order valence-corrected chi connectivity index (χ2v) is 8.17. The number of likely N-dealkylation sites (N-methyl/N-ethyl adjacent to an activating group) is 2. The van der Waals surface area contributed by atoms with Crippen LogP contribution in [-0.4, -0.2) is 46.2 Å². The fourth-order valence-corrected chi connectivity index (χ4v) is 4.17. The molecule has 2 aromatic carbocycles. The normalized spacial score (nSPS) is 17.4. The molecule has 8 heteroatoms. The first-order valence-electron chi connectivity index (χ1n) is 10.4. The molecule has 1 unspecified atom stereocenters. The zero-order valence-corrected chi connectivity index (χ0v) is 18.4. The van der Waals surface area contributed by atoms with Crippen LogP contribution >= 0.6 is 0 Å². The summed E-state index contributed by atoms with van der Waals surface area (Å²) < 4.78 is 9.96. The summed E-state index contributed by atoms with van der Waals surface area (Å²) >= 11 is 0. The highest BCUT2D eigenvalue weighted by atomic mass is 16.5. The van der Waals surface area contributed by atoms with E-state index in [4.69, 9.17) is 9.73 Å². The van der Waals surface area contributed by atoms with Gasteiger partial charge in [-0.05, 0) is 31.5 Å². The number of urea groups is 1. The monoisotopic (exact) mass is 430 g/mol. The van der Waals surface area contributed by atoms with Gasteiger partial charge in [-0.25, -0.2) is 9.36 Å². The number of benzene rings is 2. The molecule has 1 saturated heterocycles. The number of nitrogens with zero attached hydrogens (tertiary/aromatic N) is 5. The first-order chi connectivity index (χ1) is 15.4. The number of ether oxygens (including phenoxy) is 1. The summed E-state index contributed by atoms with van der Waals surface area (Å²) in [5, 5.41) is 0. The Morgan fingerprint density at radius 3 is 2.47 bits per heavy atom. The molecule has 1 aromatic heterocycles. The number of hydrogen-bond donors (Lipinski definition) is 0. The van der Waals surface area contributed by atoms with Crippen LogP contribution in [0.2, 0.25) is 0 Å². The molecule has 2 aliphatic rings. The van der Waals surface area contributed by atoms with Gasteiger partial charge in [-0.1, -0.05) is 47.0 Å². The summed E-state index contributed by atoms with van der Waals surface area (Å²) in [4.78, 5) is 32.5. The molecule has 32 heavy (non-hydrogen) atoms. The van der Waals surface area contributed by atoms with E-state index in [1.165, 1.54) is 17.5 Å². The quantitative estimate of drug-likeness (QED) is 0.598. The molecule has 0 bridgehead atoms. The molecule has 2 aliphatic heterocycles. The van der Waals surface area contributed by atoms with Crippen molar-refractivity contribution in [1.29, 1.82) is 0 Å². The number of carbonyl (C=O) groups excluding carboxylic acids is 2. The molecule has 0 spiro atoms. The predicted molar refractivity (Wildman–Crippen MR) is 118 cm³/mol. The number of imidazole rings is 1. The third-order valence-corrected chi connectivity index (χ3v) is 5.95. The van der Waals surface area contributed by atoms with Crippen molar-refractivity contribution in [2.24, 2.45) is 4.99 Å². The van der Waals surface area contributed by atoms with Crippen molar-refractivity contribution in [2.45, 2.75) is 26.5 Å². The van der Waals surface area contributed by atoms with Crippen LogP contribution < -0.4 is 9.30 Å². The average molecular weight is 430 g/mol. The second-order valence-electron chi connectivity index (χ2n) is 8.17. The van der Waals surface area contributed by atoms with Gasteiger partial charge in [-0.3, -0.25) is 14.6 Å². The average Bonchev–Trinajstić information content (AvgIpc) is 3.30. The molecule has 0 saturated carbocycles. The molecule has 5 rings (SSSR count). The molecular weight excluding hydrogens is 406 g/mol. The lowest BCUT2D eigenvalue weighted by Crippen LogP contribution is -2.61. The Morgan fingerprint density at radius 2 is 1.72 bits per heavy atom. The Bertz CT molecular complexity index is 1280. The number of para-hydroxylation sites is 2. The minimum Gasteiger partial charge on any atom is -0.485 e. The number of imide groups is 1. The van der Waals surface area contributed by atoms with Crippen LogP contribution in [0.1, 0.15) is 22.9 Å². The van der Waals surface area contributed by atoms with E-state index < -0.39 is 6.04 Å². The van der Waals surface area contributed by atoms with Gasteiger partial charge in [-0.15, -0.1) is 0 Å². The third-order valence-electron chi connectivity index (χ3n) is 5.95. The van der Waals surface area contributed by atoms with E-state index in [0.717, 1.165) is 21.8 Å². The summed E-state index contributed by atoms with van der Waals surface area (Å²) in [5.41, 5.74) is 4.01. The van der Waals surface area contributed by atoms with Crippen molar-refractivity contribution in [3.05, 3.63) is 71.5 Å². The smallest absolute Gasteiger partial charge is 0.407 e. The van der Waals surface area contributed by atoms with Crippen molar-refractivity contribution < 1.29 is 18.9 Å². The topological polar surface area (TPSA) is 71.0 Å². The van der Waals surface area contributed by atoms with E-state index in [2.05, 4.69) is 31.2 Å². The maximum absolute atomic E-state index is 12.9. The van der Waals surface area contributed by atoms with Crippen LogP contribution in [0.3, 0.4) is 0 Å². The van der Waals surface area contributed by atoms with Crippen molar-refractivity contribution in [3.63, 3.8) is 0 Å². The molecule has 3 aromatic rings. The Morgan fingerprint density at radius 1 is 1.00 bits per heavy atom. The fourth-order valence-electron chi connectivity index (χ4n) is 4.17. The SMILES string of the molecule is Cc1ccc(COc2ccccc2-n2c(C)c[n+]3c2N=C2C3C(=O)N(C)C(=O)N2C)cc1. The standard InChI is InChI=1S/C24H24N5O3/c1-15-9-11-17(12-10-15)14-32-19-8-6-5-7-18(19)29-16(2)13-28-20-21(25-23(28)29)26(3)24(31)27(4)22(20)30/h5-13,20H,14H2,1-4H3/q+1. The van der Waals surface area contributed by atoms with E-state index in [1.54, 1.807) is 7.05 Å². The number of carbonyl (C=O) groups is 2. The van der Waals surface area contributed by atoms with Gasteiger partial charge in [0.05, 0.1) is 0 Å². The number of aryl methyl sites for hydroxylation is 2. The molecule has 0 aliphatic carbocycles. The van der Waals surface area contributed by atoms with Gasteiger partial charge in [0.2, 0.25) is 11.9 Å². The maximum atomic E-state index is 12.9. The zero-order chi connectivity index (χ0) is 22.6. The third kappa shape index (κ3) is 2.98. The highest BCUT2D eigenvalue weighted by Gasteiger charge is 2.52. The van der Waals surface area contributed by atoms with E-state index in [-0.39, 0.29) is 11.9 Å². The molecule has 8 nitrogen and oxygen atoms in total. The lowest BCUT2D eigenvalue weighted by Gasteiger charge is -2.30. The number of rotatable bonds is 4. The van der Waals surface area contributed by atoms with Gasteiger partial charge in [-0.2, -0.15) is 4.57 Å². The van der Waals surface area contributed by atoms with Crippen LogP contribution in [0.4, 0.5) is 10.7 Å². The van der Waals surface area contributed by atoms with Gasteiger partial charge in [0.15, 0.2) is 5.75 Å². The van der Waals surface area contributed by atoms with Crippen molar-refractivity contribution in [2.75, 3.05) is 14.1 Å². The number of aromatic nitrogens is 2. The molecule has 1 atom stereocenters. The number of hydrogen-bond acceptors (Lipinski definition) is 4. The van der Waals surface area contributed by atoms with Gasteiger partial charge in [0.25, 0.3) is 5.91 Å². The summed E-state index contributed by atoms with van der Waals surface area (Å²) in [6.45, 7) is 4.45. The van der Waals surface area contributed by atoms with E-state index in [9.17, 15) is 9.59 Å². The Labute approximate surface area is 186 Å². The highest BCUT2D eigenvalue weighted by molar-refractivity contribution is 6.18. The van der Waals surface area contributed by atoms with E-state index in [0.29, 0.717) is 24.1 Å². The molecule has 1 fully saturated rings. The number of aliphatic imine (C=N–C) groups is 1. The van der Waals surface area contributed by atoms with Crippen molar-refractivity contribution >= 4 is 23.7 Å². The van der Waals surface area contributed by atoms with Crippen LogP contribution in [0.15, 0.2) is 59.7 Å². The number of fused-ring (bicyclic) bond motifs is 3. The minimum atomic E-state index is -0.654. The van der Waals surface area contributed by atoms with E-state index in [1.807, 2.05) is 46.5 Å². The van der Waals surface area contributed by atoms with E-state index >= 15 is 0 Å². The second kappa shape index (κ2) is 7.33. The van der Waals surface area contributed by atoms with Crippen LogP contribution in [0.5, 0.6) is 5.75 Å². The van der Waals surface area contributed by atoms with Gasteiger partial charge < -0.3 is 4.74 Å². The Hall–Kier alpha value is -3.94. The summed E-state index contributed by atoms with van der Waals surface area (Å²) in [5.74, 6) is 1.42. The minimum absolute atomic E-state index is 0.295. The maximum Gasteiger partial charge on any atom is 0.407 e. The van der Waals surface area contributed by atoms with Gasteiger partial charge in [0, 0.05) is 14.1 Å². The number of amidine groups is 1. The summed E-state index contributed by atoms with van der Waals surface area (Å²) in [7, 11) is 3.13. The van der Waals surface area contributed by atoms with Crippen LogP contribution in [0, 0.1) is 13.8 Å². The molecule has 0 N–H and O–H groups in total. The van der Waals surface area contributed by atoms with Gasteiger partial charge >= 0.3 is 12.0 Å². The fraction of sp³-hybridized carbons (Fsp3) is 0.250. The predicted octanol–water partition coefficient (Wildman–Crippen LogP) is 3.07. The van der Waals surface area contributed by atoms with Crippen molar-refractivity contribution in [3.8, 4) is 11.4 Å². The molecule has 3 amide bonds. The largest absolute Gasteiger partial charge is 0.485 e. The molecule has 162 valence electrons. The summed E-state index contributed by atoms with van der Waals surface area (Å²) in [6, 6.07) is 14.9. The highest BCUT2D eigenvalue weighted by Crippen LogP contribution is 2.34. The lowest BCUT2D eigenvalue weighted by atomic mass is 10.2. The van der Waals surface area contributed by atoms with Crippen molar-refractivity contribution in [1.82, 2.24) is 14.4 Å². The first kappa shape index (κ1) is 20.0. The van der Waals surface area contributed by atoms with Crippen LogP contribution in [-0.2, 0) is 11.4 Å². The van der Waals surface area contributed by atoms with Crippen LogP contribution in [0.25, 0.3) is 5.69 Å². The Balaban J connectivity index is 1.55. The molecular formula is C24H24N5O3+. The first-order valence-corrected chi connectivity index (χ1v) is 10.4. The zero-order valence-electron chi connectivity index (χ0n) is 18.4. The molecule has 3 heterocycles. The van der Waals surface area contributed by atoms with Gasteiger partial charge in [0.1, 0.15) is 24.2 Å². The number of amides is 3.